The van der Waals surface area contributed by atoms with Gasteiger partial charge in [0.05, 0.1) is 6.17 Å². The van der Waals surface area contributed by atoms with Gasteiger partial charge < -0.3 is 5.73 Å². The van der Waals surface area contributed by atoms with Crippen molar-refractivity contribution in [3.05, 3.63) is 0 Å². The van der Waals surface area contributed by atoms with Crippen LogP contribution in [0.15, 0.2) is 0 Å². The fourth-order valence-corrected chi connectivity index (χ4v) is 1.83. The number of nitrogens with two attached hydrogens (primary N) is 1. The molecule has 15 heavy (non-hydrogen) atoms. The van der Waals surface area contributed by atoms with E-state index in [-0.39, 0.29) is 6.17 Å². The van der Waals surface area contributed by atoms with Crippen molar-refractivity contribution in [2.45, 2.75) is 71.9 Å². The van der Waals surface area contributed by atoms with E-state index in [4.69, 9.17) is 5.73 Å². The molecule has 0 bridgehead atoms. The predicted molar refractivity (Wildman–Crippen MR) is 68.9 cm³/mol. The number of hydrogen-bond acceptors (Lipinski definition) is 2. The van der Waals surface area contributed by atoms with Gasteiger partial charge in [-0.15, -0.1) is 0 Å². The third-order valence-electron chi connectivity index (χ3n) is 2.99. The molecule has 0 aliphatic heterocycles. The maximum absolute atomic E-state index is 6.11. The van der Waals surface area contributed by atoms with E-state index < -0.39 is 0 Å². The second-order valence-corrected chi connectivity index (χ2v) is 4.43. The van der Waals surface area contributed by atoms with Crippen molar-refractivity contribution in [2.75, 3.05) is 13.1 Å². The molecule has 0 radical (unpaired) electrons. The minimum atomic E-state index is 0.277. The third-order valence-corrected chi connectivity index (χ3v) is 2.99. The number of unbranched alkanes of at least 4 members (excludes halogenated alkanes) is 4. The Hall–Kier alpha value is -0.0800. The van der Waals surface area contributed by atoms with Gasteiger partial charge in [-0.1, -0.05) is 46.5 Å². The molecular weight excluding hydrogens is 184 g/mol. The van der Waals surface area contributed by atoms with Crippen LogP contribution in [0.1, 0.15) is 65.7 Å². The summed E-state index contributed by atoms with van der Waals surface area (Å²) in [6, 6.07) is 0. The number of hydrogen-bond donors (Lipinski definition) is 1. The number of rotatable bonds is 10. The lowest BCUT2D eigenvalue weighted by Crippen LogP contribution is -2.42. The lowest BCUT2D eigenvalue weighted by atomic mass is 10.2. The Morgan fingerprint density at radius 1 is 0.867 bits per heavy atom. The van der Waals surface area contributed by atoms with E-state index in [0.29, 0.717) is 0 Å². The molecular formula is C13H30N2. The molecule has 1 unspecified atom stereocenters. The molecule has 0 heterocycles. The Morgan fingerprint density at radius 2 is 1.33 bits per heavy atom. The first-order chi connectivity index (χ1) is 7.26. The van der Waals surface area contributed by atoms with Crippen LogP contribution in [0, 0.1) is 0 Å². The molecule has 2 nitrogen and oxygen atoms in total. The van der Waals surface area contributed by atoms with Crippen LogP contribution in [0.25, 0.3) is 0 Å². The summed E-state index contributed by atoms with van der Waals surface area (Å²) in [6.07, 6.45) is 9.21. The summed E-state index contributed by atoms with van der Waals surface area (Å²) >= 11 is 0. The second-order valence-electron chi connectivity index (χ2n) is 4.43. The summed E-state index contributed by atoms with van der Waals surface area (Å²) in [5.41, 5.74) is 6.11. The highest BCUT2D eigenvalue weighted by Gasteiger charge is 2.10. The topological polar surface area (TPSA) is 29.3 Å². The maximum Gasteiger partial charge on any atom is 0.0569 e. The summed E-state index contributed by atoms with van der Waals surface area (Å²) in [5, 5.41) is 0. The molecule has 0 saturated heterocycles. The van der Waals surface area contributed by atoms with Gasteiger partial charge in [-0.25, -0.2) is 0 Å². The summed E-state index contributed by atoms with van der Waals surface area (Å²) < 4.78 is 0. The zero-order valence-electron chi connectivity index (χ0n) is 11.0. The average molecular weight is 214 g/mol. The van der Waals surface area contributed by atoms with E-state index in [1.807, 2.05) is 0 Å². The average Bonchev–Trinajstić information content (AvgIpc) is 2.26. The van der Waals surface area contributed by atoms with Gasteiger partial charge in [-0.05, 0) is 32.4 Å². The van der Waals surface area contributed by atoms with Crippen molar-refractivity contribution >= 4 is 0 Å². The standard InChI is InChI=1S/C13H30N2/c1-4-7-9-11-15(13(14)6-3)12-10-8-5-2/h13H,4-12,14H2,1-3H3. The van der Waals surface area contributed by atoms with Crippen molar-refractivity contribution in [1.29, 1.82) is 0 Å². The normalized spacial score (nSPS) is 13.4. The highest BCUT2D eigenvalue weighted by Crippen LogP contribution is 2.06. The van der Waals surface area contributed by atoms with E-state index in [1.54, 1.807) is 0 Å². The van der Waals surface area contributed by atoms with Crippen LogP contribution in [-0.4, -0.2) is 24.2 Å². The van der Waals surface area contributed by atoms with Gasteiger partial charge in [-0.3, -0.25) is 4.90 Å². The van der Waals surface area contributed by atoms with Gasteiger partial charge >= 0.3 is 0 Å². The first-order valence-electron chi connectivity index (χ1n) is 6.75. The van der Waals surface area contributed by atoms with Crippen LogP contribution < -0.4 is 5.73 Å². The molecule has 0 aromatic heterocycles. The lowest BCUT2D eigenvalue weighted by Gasteiger charge is -2.28. The van der Waals surface area contributed by atoms with Gasteiger partial charge in [0.1, 0.15) is 0 Å². The molecule has 0 rings (SSSR count). The fourth-order valence-electron chi connectivity index (χ4n) is 1.83. The van der Waals surface area contributed by atoms with Gasteiger partial charge in [0.25, 0.3) is 0 Å². The van der Waals surface area contributed by atoms with Gasteiger partial charge in [0.15, 0.2) is 0 Å². The van der Waals surface area contributed by atoms with E-state index in [1.165, 1.54) is 51.6 Å². The van der Waals surface area contributed by atoms with E-state index in [0.717, 1.165) is 6.42 Å². The van der Waals surface area contributed by atoms with E-state index >= 15 is 0 Å². The first kappa shape index (κ1) is 14.9. The van der Waals surface area contributed by atoms with Gasteiger partial charge in [-0.2, -0.15) is 0 Å². The summed E-state index contributed by atoms with van der Waals surface area (Å²) in [5.74, 6) is 0. The third kappa shape index (κ3) is 7.80. The van der Waals surface area contributed by atoms with Crippen LogP contribution in [0.3, 0.4) is 0 Å². The SMILES string of the molecule is CCCCCN(CCCCC)C(N)CC. The molecule has 1 atom stereocenters. The summed E-state index contributed by atoms with van der Waals surface area (Å²) in [4.78, 5) is 2.46. The minimum Gasteiger partial charge on any atom is -0.316 e. The molecule has 0 fully saturated rings. The molecule has 0 aromatic carbocycles. The summed E-state index contributed by atoms with van der Waals surface area (Å²) in [7, 11) is 0. The summed E-state index contributed by atoms with van der Waals surface area (Å²) in [6.45, 7) is 9.05. The Balaban J connectivity index is 3.73. The molecule has 0 aliphatic rings. The van der Waals surface area contributed by atoms with Crippen molar-refractivity contribution < 1.29 is 0 Å². The first-order valence-corrected chi connectivity index (χ1v) is 6.75. The zero-order valence-corrected chi connectivity index (χ0v) is 11.0. The van der Waals surface area contributed by atoms with Crippen LogP contribution in [-0.2, 0) is 0 Å². The lowest BCUT2D eigenvalue weighted by molar-refractivity contribution is 0.187. The highest BCUT2D eigenvalue weighted by molar-refractivity contribution is 4.64. The molecule has 2 N–H and O–H groups in total. The Labute approximate surface area is 96.2 Å². The molecule has 92 valence electrons. The highest BCUT2D eigenvalue weighted by atomic mass is 15.2. The van der Waals surface area contributed by atoms with Crippen molar-refractivity contribution in [2.24, 2.45) is 5.73 Å². The molecule has 0 amide bonds. The van der Waals surface area contributed by atoms with Crippen LogP contribution in [0.2, 0.25) is 0 Å². The fraction of sp³-hybridized carbons (Fsp3) is 1.00. The van der Waals surface area contributed by atoms with Crippen molar-refractivity contribution in [3.63, 3.8) is 0 Å². The van der Waals surface area contributed by atoms with Gasteiger partial charge in [0, 0.05) is 0 Å². The minimum absolute atomic E-state index is 0.277. The van der Waals surface area contributed by atoms with Crippen LogP contribution in [0.5, 0.6) is 0 Å². The van der Waals surface area contributed by atoms with Crippen molar-refractivity contribution in [3.8, 4) is 0 Å². The molecule has 0 aromatic rings. The quantitative estimate of drug-likeness (QED) is 0.446. The van der Waals surface area contributed by atoms with Crippen LogP contribution in [0.4, 0.5) is 0 Å². The number of nitrogens with zero attached hydrogens (tertiary/aromatic N) is 1. The molecule has 2 heteroatoms. The van der Waals surface area contributed by atoms with Gasteiger partial charge in [0.2, 0.25) is 0 Å². The predicted octanol–water partition coefficient (Wildman–Crippen LogP) is 3.36. The smallest absolute Gasteiger partial charge is 0.0569 e. The van der Waals surface area contributed by atoms with E-state index in [9.17, 15) is 0 Å². The molecule has 0 saturated carbocycles. The second kappa shape index (κ2) is 10.4. The van der Waals surface area contributed by atoms with Crippen LogP contribution >= 0.6 is 0 Å². The monoisotopic (exact) mass is 214 g/mol. The van der Waals surface area contributed by atoms with Crippen molar-refractivity contribution in [1.82, 2.24) is 4.90 Å². The largest absolute Gasteiger partial charge is 0.316 e. The Kier molecular flexibility index (Phi) is 10.4. The zero-order chi connectivity index (χ0) is 11.5. The van der Waals surface area contributed by atoms with E-state index in [2.05, 4.69) is 25.7 Å². The molecule has 0 spiro atoms. The maximum atomic E-state index is 6.11. The Bertz CT molecular complexity index is 116. The Morgan fingerprint density at radius 3 is 1.67 bits per heavy atom. The molecule has 0 aliphatic carbocycles.